The fourth-order valence-corrected chi connectivity index (χ4v) is 0.906. The molecule has 0 aromatic carbocycles. The molecule has 22 heavy (non-hydrogen) atoms. The van der Waals surface area contributed by atoms with Crippen molar-refractivity contribution < 1.29 is 60.0 Å². The van der Waals surface area contributed by atoms with Gasteiger partial charge in [0.15, 0.2) is 0 Å². The molecule has 0 bridgehead atoms. The molecule has 0 aliphatic carbocycles. The monoisotopic (exact) mass is 358 g/mol. The Morgan fingerprint density at radius 3 is 1.23 bits per heavy atom. The van der Waals surface area contributed by atoms with E-state index in [1.807, 2.05) is 0 Å². The Hall–Kier alpha value is -0.930. The third kappa shape index (κ3) is 5.06. The van der Waals surface area contributed by atoms with E-state index in [0.29, 0.717) is 0 Å². The molecule has 0 fully saturated rings. The second kappa shape index (κ2) is 8.07. The Morgan fingerprint density at radius 2 is 1.05 bits per heavy atom. The summed E-state index contributed by atoms with van der Waals surface area (Å²) in [6, 6.07) is 0. The predicted octanol–water partition coefficient (Wildman–Crippen LogP) is -6.36. The number of ether oxygens (including phenoxy) is 2. The highest BCUT2D eigenvalue weighted by Crippen LogP contribution is 1.99. The molecule has 0 radical (unpaired) electrons. The smallest absolute Gasteiger partial charge is 0.468 e. The van der Waals surface area contributed by atoms with Crippen LogP contribution < -0.4 is 20.9 Å². The van der Waals surface area contributed by atoms with Gasteiger partial charge in [-0.2, -0.15) is 0 Å². The molecule has 0 saturated heterocycles. The summed E-state index contributed by atoms with van der Waals surface area (Å²) in [6.45, 7) is -3.34. The van der Waals surface area contributed by atoms with Crippen LogP contribution in [0.4, 0.5) is 8.78 Å². The number of hydroxylamine groups is 8. The molecule has 8 N–H and O–H groups in total. The molecule has 0 saturated carbocycles. The molecule has 0 heterocycles. The van der Waals surface area contributed by atoms with Crippen molar-refractivity contribution in [3.05, 3.63) is 20.8 Å². The molecule has 4 atom stereocenters. The summed E-state index contributed by atoms with van der Waals surface area (Å²) in [5.41, 5.74) is 0. The SMILES string of the molecule is [O-][NH+](O)C(F)(COC(=S)OCC(F)([NH+]([O-])O)[NH+]([O-])O)[NH+]([O-])O. The Bertz CT molecular complexity index is 325. The highest BCUT2D eigenvalue weighted by atomic mass is 32.1. The molecular weight excluding hydrogens is 346 g/mol. The van der Waals surface area contributed by atoms with Crippen molar-refractivity contribution >= 4 is 17.5 Å². The summed E-state index contributed by atoms with van der Waals surface area (Å²) in [4.78, 5) is 0. The van der Waals surface area contributed by atoms with Crippen molar-refractivity contribution in [1.82, 2.24) is 0 Å². The summed E-state index contributed by atoms with van der Waals surface area (Å²) in [5, 5.41) is 64.4. The van der Waals surface area contributed by atoms with Crippen LogP contribution in [0.3, 0.4) is 0 Å². The number of quaternary nitrogens is 4. The number of halogens is 2. The van der Waals surface area contributed by atoms with Gasteiger partial charge in [-0.25, -0.2) is 20.8 Å². The van der Waals surface area contributed by atoms with Crippen LogP contribution in [0.2, 0.25) is 0 Å². The van der Waals surface area contributed by atoms with E-state index >= 15 is 0 Å². The molecule has 0 amide bonds. The molecule has 0 spiro atoms. The first-order valence-electron chi connectivity index (χ1n) is 4.99. The largest absolute Gasteiger partial charge is 0.593 e. The number of hydrogen-bond donors (Lipinski definition) is 8. The van der Waals surface area contributed by atoms with Crippen LogP contribution in [-0.2, 0) is 9.47 Å². The van der Waals surface area contributed by atoms with Gasteiger partial charge < -0.3 is 30.3 Å². The van der Waals surface area contributed by atoms with Gasteiger partial charge in [-0.3, -0.25) is 0 Å². The van der Waals surface area contributed by atoms with Crippen molar-refractivity contribution in [2.45, 2.75) is 11.8 Å². The van der Waals surface area contributed by atoms with Gasteiger partial charge in [-0.05, 0) is 0 Å². The standard InChI is InChI=1S/C5H12F2N4O10S/c6-4(8(12)13,9(14)15)1-20-3(22)21-2-5(7,10(16)17)11(18)19/h8-12,14,16,18H,1-2H2. The Balaban J connectivity index is 4.59. The molecule has 4 unspecified atom stereocenters. The van der Waals surface area contributed by atoms with E-state index in [4.69, 9.17) is 20.8 Å². The molecule has 0 aromatic heterocycles. The lowest BCUT2D eigenvalue weighted by atomic mass is 10.5. The van der Waals surface area contributed by atoms with Crippen molar-refractivity contribution in [2.75, 3.05) is 13.2 Å². The summed E-state index contributed by atoms with van der Waals surface area (Å²) < 4.78 is 35.1. The van der Waals surface area contributed by atoms with Crippen LogP contribution in [0.25, 0.3) is 0 Å². The third-order valence-electron chi connectivity index (χ3n) is 2.13. The minimum absolute atomic E-state index is 1.24. The summed E-state index contributed by atoms with van der Waals surface area (Å²) in [7, 11) is 0. The number of alkyl halides is 2. The maximum atomic E-state index is 13.4. The van der Waals surface area contributed by atoms with Gasteiger partial charge in [0, 0.05) is 12.2 Å². The molecule has 14 nitrogen and oxygen atoms in total. The first kappa shape index (κ1) is 21.1. The highest BCUT2D eigenvalue weighted by molar-refractivity contribution is 7.79. The molecule has 0 aliphatic rings. The lowest BCUT2D eigenvalue weighted by Gasteiger charge is -2.33. The van der Waals surface area contributed by atoms with Gasteiger partial charge in [0.1, 0.15) is 0 Å². The summed E-state index contributed by atoms with van der Waals surface area (Å²) in [6.07, 6.45) is 0. The van der Waals surface area contributed by atoms with Crippen LogP contribution in [0.1, 0.15) is 0 Å². The van der Waals surface area contributed by atoms with Crippen LogP contribution in [-0.4, -0.2) is 51.1 Å². The average molecular weight is 358 g/mol. The quantitative estimate of drug-likeness (QED) is 0.0885. The van der Waals surface area contributed by atoms with Crippen LogP contribution in [0.15, 0.2) is 0 Å². The van der Waals surface area contributed by atoms with Crippen LogP contribution in [0.5, 0.6) is 0 Å². The molecule has 0 aliphatic heterocycles. The molecule has 132 valence electrons. The second-order valence-corrected chi connectivity index (χ2v) is 3.98. The highest BCUT2D eigenvalue weighted by Gasteiger charge is 2.49. The number of rotatable bonds is 8. The van der Waals surface area contributed by atoms with Gasteiger partial charge in [0.25, 0.3) is 0 Å². The zero-order chi connectivity index (χ0) is 17.7. The second-order valence-electron chi connectivity index (χ2n) is 3.65. The molecule has 17 heteroatoms. The van der Waals surface area contributed by atoms with E-state index in [1.165, 1.54) is 0 Å². The fourth-order valence-electron chi connectivity index (χ4n) is 0.788. The minimum Gasteiger partial charge on any atom is -0.593 e. The Kier molecular flexibility index (Phi) is 7.73. The van der Waals surface area contributed by atoms with Crippen molar-refractivity contribution in [2.24, 2.45) is 0 Å². The maximum absolute atomic E-state index is 13.4. The average Bonchev–Trinajstić information content (AvgIpc) is 2.40. The Morgan fingerprint density at radius 1 is 0.818 bits per heavy atom. The van der Waals surface area contributed by atoms with Crippen molar-refractivity contribution in [3.8, 4) is 0 Å². The van der Waals surface area contributed by atoms with Gasteiger partial charge in [-0.1, -0.05) is 0 Å². The van der Waals surface area contributed by atoms with E-state index in [0.717, 1.165) is 0 Å². The van der Waals surface area contributed by atoms with E-state index in [1.54, 1.807) is 0 Å². The normalized spacial score (nSPS) is 22.6. The van der Waals surface area contributed by atoms with Gasteiger partial charge in [0.05, 0.1) is 0 Å². The summed E-state index contributed by atoms with van der Waals surface area (Å²) in [5.74, 6) is -7.78. The number of thiocarbonyl (C=S) groups is 1. The van der Waals surface area contributed by atoms with E-state index in [9.17, 15) is 29.6 Å². The zero-order valence-electron chi connectivity index (χ0n) is 10.3. The fraction of sp³-hybridized carbons (Fsp3) is 0.800. The third-order valence-corrected chi connectivity index (χ3v) is 2.37. The van der Waals surface area contributed by atoms with E-state index < -0.39 is 51.2 Å². The van der Waals surface area contributed by atoms with Gasteiger partial charge in [0.2, 0.25) is 13.2 Å². The first-order chi connectivity index (χ1) is 9.87. The predicted molar refractivity (Wildman–Crippen MR) is 56.6 cm³/mol. The van der Waals surface area contributed by atoms with Crippen molar-refractivity contribution in [1.29, 1.82) is 0 Å². The lowest BCUT2D eigenvalue weighted by Crippen LogP contribution is -3.36. The zero-order valence-corrected chi connectivity index (χ0v) is 11.1. The summed E-state index contributed by atoms with van der Waals surface area (Å²) >= 11 is 4.19. The molecular formula is C5H12F2N4O10S. The maximum Gasteiger partial charge on any atom is 0.468 e. The van der Waals surface area contributed by atoms with Crippen LogP contribution >= 0.6 is 12.2 Å². The Labute approximate surface area is 124 Å². The van der Waals surface area contributed by atoms with Gasteiger partial charge >= 0.3 is 17.1 Å². The van der Waals surface area contributed by atoms with E-state index in [2.05, 4.69) is 21.7 Å². The number of hydrogen-bond acceptors (Lipinski definition) is 11. The minimum atomic E-state index is -3.89. The topological polar surface area (TPSA) is 209 Å². The molecule has 0 rings (SSSR count). The van der Waals surface area contributed by atoms with Crippen molar-refractivity contribution in [3.63, 3.8) is 0 Å². The van der Waals surface area contributed by atoms with Crippen LogP contribution in [0, 0.1) is 20.8 Å². The first-order valence-corrected chi connectivity index (χ1v) is 5.39. The lowest BCUT2D eigenvalue weighted by molar-refractivity contribution is -1.29. The van der Waals surface area contributed by atoms with E-state index in [-0.39, 0.29) is 0 Å². The number of nitrogens with one attached hydrogen (secondary N) is 4. The molecule has 0 aromatic rings. The van der Waals surface area contributed by atoms with Gasteiger partial charge in [-0.15, -0.1) is 29.7 Å².